The summed E-state index contributed by atoms with van der Waals surface area (Å²) < 4.78 is 49.6. The van der Waals surface area contributed by atoms with Crippen LogP contribution in [0.1, 0.15) is 24.0 Å². The van der Waals surface area contributed by atoms with Gasteiger partial charge in [0, 0.05) is 18.8 Å². The number of ether oxygens (including phenoxy) is 2. The molecule has 1 atom stereocenters. The smallest absolute Gasteiger partial charge is 0.417 e. The van der Waals surface area contributed by atoms with Crippen molar-refractivity contribution in [3.8, 4) is 5.75 Å². The van der Waals surface area contributed by atoms with Gasteiger partial charge in [0.15, 0.2) is 6.61 Å². The second-order valence-electron chi connectivity index (χ2n) is 7.64. The van der Waals surface area contributed by atoms with Crippen LogP contribution in [0.5, 0.6) is 5.75 Å². The molecule has 0 aromatic heterocycles. The van der Waals surface area contributed by atoms with Crippen molar-refractivity contribution in [3.63, 3.8) is 0 Å². The third-order valence-corrected chi connectivity index (χ3v) is 5.25. The summed E-state index contributed by atoms with van der Waals surface area (Å²) in [6.45, 7) is 0.984. The number of halogens is 4. The fraction of sp³-hybridized carbons (Fsp3) is 0.304. The number of benzene rings is 2. The van der Waals surface area contributed by atoms with E-state index in [9.17, 15) is 27.6 Å². The molecule has 13 heteroatoms. The molecule has 1 saturated heterocycles. The third kappa shape index (κ3) is 8.24. The molecule has 1 aliphatic heterocycles. The summed E-state index contributed by atoms with van der Waals surface area (Å²) in [6.07, 6.45) is -1.53. The number of amides is 3. The second-order valence-corrected chi connectivity index (χ2v) is 8.05. The second kappa shape index (κ2) is 12.4. The molecule has 2 aromatic carbocycles. The minimum atomic E-state index is -4.72. The zero-order chi connectivity index (χ0) is 26.1. The summed E-state index contributed by atoms with van der Waals surface area (Å²) in [4.78, 5) is 35.7. The average molecular weight is 527 g/mol. The van der Waals surface area contributed by atoms with Gasteiger partial charge in [-0.3, -0.25) is 14.4 Å². The fourth-order valence-corrected chi connectivity index (χ4v) is 3.33. The zero-order valence-electron chi connectivity index (χ0n) is 18.7. The number of rotatable bonds is 8. The van der Waals surface area contributed by atoms with Gasteiger partial charge in [0.2, 0.25) is 0 Å². The largest absolute Gasteiger partial charge is 0.484 e. The van der Waals surface area contributed by atoms with Gasteiger partial charge in [0.05, 0.1) is 22.9 Å². The Morgan fingerprint density at radius 1 is 1.14 bits per heavy atom. The molecule has 0 aliphatic carbocycles. The number of carbonyl (C=O) groups excluding carboxylic acids is 3. The predicted molar refractivity (Wildman–Crippen MR) is 125 cm³/mol. The van der Waals surface area contributed by atoms with Gasteiger partial charge in [-0.15, -0.1) is 0 Å². The lowest BCUT2D eigenvalue weighted by molar-refractivity contribution is -0.137. The van der Waals surface area contributed by atoms with Gasteiger partial charge in [0.1, 0.15) is 5.75 Å². The molecule has 36 heavy (non-hydrogen) atoms. The molecule has 3 N–H and O–H groups in total. The third-order valence-electron chi connectivity index (χ3n) is 4.92. The topological polar surface area (TPSA) is 118 Å². The first kappa shape index (κ1) is 27.0. The molecule has 0 spiro atoms. The number of hydrogen-bond donors (Lipinski definition) is 3. The summed E-state index contributed by atoms with van der Waals surface area (Å²) >= 11 is 5.52. The average Bonchev–Trinajstić information content (AvgIpc) is 3.36. The summed E-state index contributed by atoms with van der Waals surface area (Å²) in [5.74, 6) is -2.25. The van der Waals surface area contributed by atoms with Crippen molar-refractivity contribution in [1.29, 1.82) is 0 Å². The maximum Gasteiger partial charge on any atom is 0.417 e. The van der Waals surface area contributed by atoms with E-state index in [1.165, 1.54) is 6.21 Å². The van der Waals surface area contributed by atoms with Crippen LogP contribution in [0.15, 0.2) is 47.6 Å². The first-order chi connectivity index (χ1) is 17.1. The van der Waals surface area contributed by atoms with Crippen LogP contribution in [0.4, 0.5) is 18.9 Å². The highest BCUT2D eigenvalue weighted by atomic mass is 35.5. The highest BCUT2D eigenvalue weighted by Crippen LogP contribution is 2.36. The van der Waals surface area contributed by atoms with E-state index in [1.807, 2.05) is 10.7 Å². The quantitative estimate of drug-likeness (QED) is 0.277. The maximum absolute atomic E-state index is 12.9. The summed E-state index contributed by atoms with van der Waals surface area (Å²) in [5, 5.41) is 7.89. The van der Waals surface area contributed by atoms with Crippen molar-refractivity contribution in [2.24, 2.45) is 5.10 Å². The van der Waals surface area contributed by atoms with E-state index >= 15 is 0 Å². The molecule has 1 aliphatic rings. The number of carbonyl (C=O) groups is 3. The summed E-state index contributed by atoms with van der Waals surface area (Å²) in [7, 11) is 0. The number of hydrogen-bond acceptors (Lipinski definition) is 6. The van der Waals surface area contributed by atoms with E-state index in [0.29, 0.717) is 30.5 Å². The summed E-state index contributed by atoms with van der Waals surface area (Å²) in [5.41, 5.74) is 1.11. The molecule has 9 nitrogen and oxygen atoms in total. The number of hydrazone groups is 1. The van der Waals surface area contributed by atoms with Crippen molar-refractivity contribution >= 4 is 41.2 Å². The summed E-state index contributed by atoms with van der Waals surface area (Å²) in [6, 6.07) is 9.08. The number of nitrogens with one attached hydrogen (secondary N) is 3. The minimum absolute atomic E-state index is 0.0405. The van der Waals surface area contributed by atoms with Gasteiger partial charge in [-0.1, -0.05) is 11.6 Å². The molecule has 0 radical (unpaired) electrons. The lowest BCUT2D eigenvalue weighted by Crippen LogP contribution is -2.35. The molecule has 3 amide bonds. The lowest BCUT2D eigenvalue weighted by atomic mass is 10.2. The van der Waals surface area contributed by atoms with Crippen LogP contribution in [0, 0.1) is 0 Å². The molecule has 0 bridgehead atoms. The van der Waals surface area contributed by atoms with Gasteiger partial charge in [-0.25, -0.2) is 5.43 Å². The van der Waals surface area contributed by atoms with Crippen LogP contribution >= 0.6 is 11.6 Å². The van der Waals surface area contributed by atoms with Crippen molar-refractivity contribution in [3.05, 3.63) is 58.6 Å². The van der Waals surface area contributed by atoms with Crippen LogP contribution in [0.25, 0.3) is 0 Å². The van der Waals surface area contributed by atoms with Gasteiger partial charge in [0.25, 0.3) is 5.91 Å². The van der Waals surface area contributed by atoms with E-state index in [2.05, 4.69) is 10.4 Å². The van der Waals surface area contributed by atoms with Crippen LogP contribution < -0.4 is 20.8 Å². The van der Waals surface area contributed by atoms with Gasteiger partial charge < -0.3 is 20.1 Å². The zero-order valence-corrected chi connectivity index (χ0v) is 19.5. The van der Waals surface area contributed by atoms with Crippen LogP contribution in [0.3, 0.4) is 0 Å². The molecule has 0 saturated carbocycles. The van der Waals surface area contributed by atoms with E-state index < -0.39 is 28.6 Å². The van der Waals surface area contributed by atoms with E-state index in [1.54, 1.807) is 24.3 Å². The first-order valence-electron chi connectivity index (χ1n) is 10.7. The Morgan fingerprint density at radius 3 is 2.56 bits per heavy atom. The van der Waals surface area contributed by atoms with E-state index in [-0.39, 0.29) is 24.3 Å². The Labute approximate surface area is 209 Å². The Balaban J connectivity index is 1.42. The lowest BCUT2D eigenvalue weighted by Gasteiger charge is -2.11. The fourth-order valence-electron chi connectivity index (χ4n) is 3.11. The maximum atomic E-state index is 12.9. The molecule has 3 rings (SSSR count). The Hall–Kier alpha value is -3.64. The monoisotopic (exact) mass is 526 g/mol. The van der Waals surface area contributed by atoms with Gasteiger partial charge >= 0.3 is 18.0 Å². The molecular weight excluding hydrogens is 505 g/mol. The van der Waals surface area contributed by atoms with Crippen molar-refractivity contribution < 1.29 is 37.0 Å². The number of anilines is 1. The normalized spacial score (nSPS) is 15.5. The van der Waals surface area contributed by atoms with Crippen LogP contribution in [0.2, 0.25) is 5.02 Å². The standard InChI is InChI=1S/C23H22ClF3N4O5/c24-19-8-5-15(10-18(19)23(25,26)27)30-21(33)22(34)31-29-11-14-3-6-16(7-4-14)36-13-20(32)28-12-17-2-1-9-35-17/h3-8,10-11,17H,1-2,9,12-13H2,(H,28,32)(H,30,33)(H,31,34)/b29-11-/t17-/m1/s1. The van der Waals surface area contributed by atoms with Gasteiger partial charge in [-0.2, -0.15) is 18.3 Å². The molecule has 0 unspecified atom stereocenters. The highest BCUT2D eigenvalue weighted by molar-refractivity contribution is 6.39. The van der Waals surface area contributed by atoms with E-state index in [4.69, 9.17) is 21.1 Å². The molecule has 1 heterocycles. The number of alkyl halides is 3. The first-order valence-corrected chi connectivity index (χ1v) is 11.1. The van der Waals surface area contributed by atoms with Crippen LogP contribution in [-0.4, -0.2) is 49.8 Å². The van der Waals surface area contributed by atoms with Gasteiger partial charge in [-0.05, 0) is 60.9 Å². The van der Waals surface area contributed by atoms with Crippen molar-refractivity contribution in [1.82, 2.24) is 10.7 Å². The van der Waals surface area contributed by atoms with Crippen LogP contribution in [-0.2, 0) is 25.3 Å². The molecule has 1 fully saturated rings. The highest BCUT2D eigenvalue weighted by Gasteiger charge is 2.33. The van der Waals surface area contributed by atoms with Crippen molar-refractivity contribution in [2.75, 3.05) is 25.1 Å². The Kier molecular flexibility index (Phi) is 9.25. The molecule has 192 valence electrons. The Bertz CT molecular complexity index is 1120. The van der Waals surface area contributed by atoms with E-state index in [0.717, 1.165) is 25.0 Å². The molecular formula is C23H22ClF3N4O5. The minimum Gasteiger partial charge on any atom is -0.484 e. The molecule has 2 aromatic rings. The number of nitrogens with zero attached hydrogens (tertiary/aromatic N) is 1. The predicted octanol–water partition coefficient (Wildman–Crippen LogP) is 3.12. The van der Waals surface area contributed by atoms with Crippen molar-refractivity contribution in [2.45, 2.75) is 25.1 Å². The Morgan fingerprint density at radius 2 is 1.89 bits per heavy atom. The SMILES string of the molecule is O=C(COc1ccc(/C=N\NC(=O)C(=O)Nc2ccc(Cl)c(C(F)(F)F)c2)cc1)NC[C@H]1CCCO1.